The smallest absolute Gasteiger partial charge is 0.258 e. The second-order valence-electron chi connectivity index (χ2n) is 5.62. The molecule has 2 aromatic carbocycles. The Morgan fingerprint density at radius 2 is 2.09 bits per heavy atom. The van der Waals surface area contributed by atoms with Crippen molar-refractivity contribution in [2.24, 2.45) is 0 Å². The third-order valence-corrected chi connectivity index (χ3v) is 3.88. The maximum Gasteiger partial charge on any atom is 0.258 e. The van der Waals surface area contributed by atoms with Gasteiger partial charge < -0.3 is 15.2 Å². The number of aryl methyl sites for hydroxylation is 1. The molecule has 0 aromatic heterocycles. The Labute approximate surface area is 129 Å². The molecule has 1 aliphatic rings. The van der Waals surface area contributed by atoms with Crippen LogP contribution in [0.15, 0.2) is 48.5 Å². The van der Waals surface area contributed by atoms with Crippen molar-refractivity contribution in [1.82, 2.24) is 5.32 Å². The van der Waals surface area contributed by atoms with Crippen molar-refractivity contribution in [3.05, 3.63) is 65.2 Å². The fourth-order valence-electron chi connectivity index (χ4n) is 2.82. The summed E-state index contributed by atoms with van der Waals surface area (Å²) in [6.45, 7) is 1.91. The van der Waals surface area contributed by atoms with Gasteiger partial charge in [0.2, 0.25) is 0 Å². The number of rotatable bonds is 4. The van der Waals surface area contributed by atoms with Crippen LogP contribution in [0, 0.1) is 6.92 Å². The van der Waals surface area contributed by atoms with E-state index in [1.165, 1.54) is 0 Å². The predicted octanol–water partition coefficient (Wildman–Crippen LogP) is 2.15. The average molecular weight is 297 g/mol. The molecule has 1 amide bonds. The number of carbonyl (C=O) groups excluding carboxylic acids is 1. The molecule has 0 saturated carbocycles. The van der Waals surface area contributed by atoms with Gasteiger partial charge in [0.15, 0.2) is 6.61 Å². The lowest BCUT2D eigenvalue weighted by Gasteiger charge is -2.18. The number of aliphatic hydroxyl groups excluding tert-OH is 1. The highest BCUT2D eigenvalue weighted by molar-refractivity contribution is 5.78. The molecule has 0 spiro atoms. The van der Waals surface area contributed by atoms with Crippen molar-refractivity contribution >= 4 is 5.91 Å². The van der Waals surface area contributed by atoms with E-state index in [9.17, 15) is 9.90 Å². The Morgan fingerprint density at radius 3 is 2.91 bits per heavy atom. The molecule has 2 N–H and O–H groups in total. The summed E-state index contributed by atoms with van der Waals surface area (Å²) in [6, 6.07) is 15.0. The number of carbonyl (C=O) groups is 1. The standard InChI is InChI=1S/C18H19NO3/c1-12-5-4-7-14(9-12)22-11-17(21)19-18-15-8-3-2-6-13(15)10-16(18)20/h2-9,16,18,20H,10-11H2,1H3,(H,19,21). The fourth-order valence-corrected chi connectivity index (χ4v) is 2.82. The molecule has 4 nitrogen and oxygen atoms in total. The maximum absolute atomic E-state index is 12.1. The number of hydrogen-bond donors (Lipinski definition) is 2. The third-order valence-electron chi connectivity index (χ3n) is 3.88. The van der Waals surface area contributed by atoms with Crippen LogP contribution in [-0.4, -0.2) is 23.7 Å². The topological polar surface area (TPSA) is 58.6 Å². The minimum Gasteiger partial charge on any atom is -0.484 e. The van der Waals surface area contributed by atoms with Crippen molar-refractivity contribution in [3.8, 4) is 5.75 Å². The summed E-state index contributed by atoms with van der Waals surface area (Å²) in [5.41, 5.74) is 3.15. The van der Waals surface area contributed by atoms with Gasteiger partial charge in [-0.25, -0.2) is 0 Å². The largest absolute Gasteiger partial charge is 0.484 e. The normalized spacial score (nSPS) is 19.5. The highest BCUT2D eigenvalue weighted by Gasteiger charge is 2.31. The average Bonchev–Trinajstić information content (AvgIpc) is 2.81. The summed E-state index contributed by atoms with van der Waals surface area (Å²) in [5, 5.41) is 13.0. The highest BCUT2D eigenvalue weighted by atomic mass is 16.5. The van der Waals surface area contributed by atoms with Crippen LogP contribution in [0.25, 0.3) is 0 Å². The van der Waals surface area contributed by atoms with Crippen molar-refractivity contribution in [1.29, 1.82) is 0 Å². The number of fused-ring (bicyclic) bond motifs is 1. The number of amides is 1. The molecule has 0 radical (unpaired) electrons. The summed E-state index contributed by atoms with van der Waals surface area (Å²) in [5.74, 6) is 0.435. The number of benzene rings is 2. The molecule has 114 valence electrons. The fraction of sp³-hybridized carbons (Fsp3) is 0.278. The first-order chi connectivity index (χ1) is 10.6. The second-order valence-corrected chi connectivity index (χ2v) is 5.62. The lowest BCUT2D eigenvalue weighted by atomic mass is 10.1. The Bertz CT molecular complexity index is 684. The number of hydrogen-bond acceptors (Lipinski definition) is 3. The first kappa shape index (κ1) is 14.6. The van der Waals surface area contributed by atoms with Gasteiger partial charge in [0.05, 0.1) is 12.1 Å². The molecule has 0 aliphatic heterocycles. The van der Waals surface area contributed by atoms with Gasteiger partial charge in [-0.1, -0.05) is 36.4 Å². The molecule has 1 aliphatic carbocycles. The quantitative estimate of drug-likeness (QED) is 0.909. The Morgan fingerprint density at radius 1 is 1.27 bits per heavy atom. The first-order valence-corrected chi connectivity index (χ1v) is 7.38. The van der Waals surface area contributed by atoms with Crippen LogP contribution in [0.4, 0.5) is 0 Å². The van der Waals surface area contributed by atoms with E-state index in [1.807, 2.05) is 55.5 Å². The van der Waals surface area contributed by atoms with Crippen molar-refractivity contribution < 1.29 is 14.6 Å². The number of nitrogens with one attached hydrogen (secondary N) is 1. The van der Waals surface area contributed by atoms with Gasteiger partial charge in [-0.15, -0.1) is 0 Å². The van der Waals surface area contributed by atoms with Gasteiger partial charge in [-0.05, 0) is 35.7 Å². The molecular formula is C18H19NO3. The summed E-state index contributed by atoms with van der Waals surface area (Å²) in [7, 11) is 0. The van der Waals surface area contributed by atoms with E-state index in [2.05, 4.69) is 5.32 Å². The van der Waals surface area contributed by atoms with E-state index >= 15 is 0 Å². The van der Waals surface area contributed by atoms with E-state index in [0.29, 0.717) is 12.2 Å². The molecule has 0 saturated heterocycles. The van der Waals surface area contributed by atoms with Crippen LogP contribution < -0.4 is 10.1 Å². The van der Waals surface area contributed by atoms with Gasteiger partial charge in [0.25, 0.3) is 5.91 Å². The molecule has 22 heavy (non-hydrogen) atoms. The molecule has 2 atom stereocenters. The van der Waals surface area contributed by atoms with Crippen LogP contribution in [-0.2, 0) is 11.2 Å². The van der Waals surface area contributed by atoms with Crippen molar-refractivity contribution in [3.63, 3.8) is 0 Å². The van der Waals surface area contributed by atoms with E-state index < -0.39 is 6.10 Å². The van der Waals surface area contributed by atoms with Gasteiger partial charge in [0.1, 0.15) is 5.75 Å². The Balaban J connectivity index is 1.60. The monoisotopic (exact) mass is 297 g/mol. The molecule has 3 rings (SSSR count). The van der Waals surface area contributed by atoms with E-state index in [0.717, 1.165) is 16.7 Å². The van der Waals surface area contributed by atoms with Gasteiger partial charge in [-0.3, -0.25) is 4.79 Å². The van der Waals surface area contributed by atoms with E-state index in [-0.39, 0.29) is 18.6 Å². The minimum absolute atomic E-state index is 0.0607. The van der Waals surface area contributed by atoms with Crippen molar-refractivity contribution in [2.45, 2.75) is 25.5 Å². The van der Waals surface area contributed by atoms with Gasteiger partial charge >= 0.3 is 0 Å². The van der Waals surface area contributed by atoms with E-state index in [1.54, 1.807) is 0 Å². The SMILES string of the molecule is Cc1cccc(OCC(=O)NC2c3ccccc3CC2O)c1. The molecular weight excluding hydrogens is 278 g/mol. The van der Waals surface area contributed by atoms with Gasteiger partial charge in [0, 0.05) is 6.42 Å². The highest BCUT2D eigenvalue weighted by Crippen LogP contribution is 2.31. The summed E-state index contributed by atoms with van der Waals surface area (Å²) >= 11 is 0. The minimum atomic E-state index is -0.583. The second kappa shape index (κ2) is 6.20. The maximum atomic E-state index is 12.1. The number of ether oxygens (including phenoxy) is 1. The molecule has 0 bridgehead atoms. The molecule has 0 fully saturated rings. The van der Waals surface area contributed by atoms with Crippen LogP contribution >= 0.6 is 0 Å². The number of aliphatic hydroxyl groups is 1. The Kier molecular flexibility index (Phi) is 4.11. The van der Waals surface area contributed by atoms with Crippen LogP contribution in [0.2, 0.25) is 0 Å². The zero-order chi connectivity index (χ0) is 15.5. The van der Waals surface area contributed by atoms with E-state index in [4.69, 9.17) is 4.74 Å². The first-order valence-electron chi connectivity index (χ1n) is 7.38. The third kappa shape index (κ3) is 3.12. The summed E-state index contributed by atoms with van der Waals surface area (Å²) < 4.78 is 5.49. The van der Waals surface area contributed by atoms with Gasteiger partial charge in [-0.2, -0.15) is 0 Å². The molecule has 4 heteroatoms. The zero-order valence-electron chi connectivity index (χ0n) is 12.5. The summed E-state index contributed by atoms with van der Waals surface area (Å²) in [4.78, 5) is 12.1. The lowest BCUT2D eigenvalue weighted by molar-refractivity contribution is -0.124. The predicted molar refractivity (Wildman–Crippen MR) is 83.7 cm³/mol. The Hall–Kier alpha value is -2.33. The summed E-state index contributed by atoms with van der Waals surface area (Å²) in [6.07, 6.45) is -0.0137. The molecule has 2 unspecified atom stereocenters. The molecule has 2 aromatic rings. The van der Waals surface area contributed by atoms with Crippen LogP contribution in [0.3, 0.4) is 0 Å². The van der Waals surface area contributed by atoms with Crippen LogP contribution in [0.5, 0.6) is 5.75 Å². The lowest BCUT2D eigenvalue weighted by Crippen LogP contribution is -2.36. The van der Waals surface area contributed by atoms with Crippen LogP contribution in [0.1, 0.15) is 22.7 Å². The molecule has 0 heterocycles. The van der Waals surface area contributed by atoms with Crippen molar-refractivity contribution in [2.75, 3.05) is 6.61 Å². The zero-order valence-corrected chi connectivity index (χ0v) is 12.5.